The lowest BCUT2D eigenvalue weighted by Gasteiger charge is -2.00. The predicted molar refractivity (Wildman–Crippen MR) is 106 cm³/mol. The van der Waals surface area contributed by atoms with Crippen LogP contribution < -0.4 is 11.5 Å². The van der Waals surface area contributed by atoms with Crippen LogP contribution in [0.2, 0.25) is 0 Å². The van der Waals surface area contributed by atoms with Gasteiger partial charge in [-0.2, -0.15) is 15.0 Å². The van der Waals surface area contributed by atoms with Crippen molar-refractivity contribution in [2.24, 2.45) is 0 Å². The van der Waals surface area contributed by atoms with Crippen LogP contribution >= 0.6 is 0 Å². The number of nitrogens with zero attached hydrogens (tertiary/aromatic N) is 3. The molecular formula is C18H29N5O4. The Morgan fingerprint density at radius 1 is 1.07 bits per heavy atom. The van der Waals surface area contributed by atoms with Crippen molar-refractivity contribution in [3.05, 3.63) is 43.8 Å². The zero-order chi connectivity index (χ0) is 21.1. The standard InChI is InChI=1S/C8H13N5.C7H12O2.C3H4O2/c1-2-3-4-5-6-11-7(9)13-8(10)12-6;1-3-5-6-9-7(8)4-2;1-2-3(4)5/h2H,1,3-5H2,(H4,9,10,11,12,13);4H,2-3,5-6H2,1H3;2H,1H2,(H,4,5). The zero-order valence-electron chi connectivity index (χ0n) is 15.8. The monoisotopic (exact) mass is 379 g/mol. The van der Waals surface area contributed by atoms with Gasteiger partial charge in [0.15, 0.2) is 0 Å². The molecular weight excluding hydrogens is 350 g/mol. The number of esters is 1. The first kappa shape index (κ1) is 26.0. The summed E-state index contributed by atoms with van der Waals surface area (Å²) in [6.07, 6.45) is 8.48. The maximum absolute atomic E-state index is 10.3. The van der Waals surface area contributed by atoms with E-state index < -0.39 is 5.97 Å². The first-order valence-corrected chi connectivity index (χ1v) is 8.31. The summed E-state index contributed by atoms with van der Waals surface area (Å²) in [6.45, 7) is 12.4. The number of rotatable bonds is 9. The summed E-state index contributed by atoms with van der Waals surface area (Å²) in [5, 5.41) is 7.60. The van der Waals surface area contributed by atoms with Crippen molar-refractivity contribution in [3.63, 3.8) is 0 Å². The molecule has 0 saturated carbocycles. The Labute approximate surface area is 159 Å². The Bertz CT molecular complexity index is 585. The summed E-state index contributed by atoms with van der Waals surface area (Å²) in [6, 6.07) is 0. The summed E-state index contributed by atoms with van der Waals surface area (Å²) < 4.78 is 4.67. The summed E-state index contributed by atoms with van der Waals surface area (Å²) in [5.74, 6) is -0.303. The molecule has 5 N–H and O–H groups in total. The van der Waals surface area contributed by atoms with Gasteiger partial charge in [0, 0.05) is 18.6 Å². The van der Waals surface area contributed by atoms with E-state index in [4.69, 9.17) is 16.6 Å². The van der Waals surface area contributed by atoms with E-state index in [0.29, 0.717) is 12.4 Å². The minimum absolute atomic E-state index is 0.182. The van der Waals surface area contributed by atoms with Crippen molar-refractivity contribution in [2.45, 2.75) is 39.0 Å². The fraction of sp³-hybridized carbons (Fsp3) is 0.389. The quantitative estimate of drug-likeness (QED) is 0.254. The Hall–Kier alpha value is -3.23. The molecule has 9 heteroatoms. The van der Waals surface area contributed by atoms with Crippen LogP contribution in [0.25, 0.3) is 0 Å². The maximum Gasteiger partial charge on any atom is 0.330 e. The number of nitrogen functional groups attached to an aromatic ring is 2. The first-order chi connectivity index (χ1) is 12.8. The number of carboxylic acids is 1. The van der Waals surface area contributed by atoms with Gasteiger partial charge >= 0.3 is 11.9 Å². The number of hydrogen-bond donors (Lipinski definition) is 3. The Morgan fingerprint density at radius 2 is 1.63 bits per heavy atom. The average molecular weight is 379 g/mol. The zero-order valence-corrected chi connectivity index (χ0v) is 15.8. The van der Waals surface area contributed by atoms with Crippen molar-refractivity contribution in [3.8, 4) is 0 Å². The number of allylic oxidation sites excluding steroid dienone is 1. The van der Waals surface area contributed by atoms with Gasteiger partial charge in [-0.15, -0.1) is 6.58 Å². The molecule has 0 bridgehead atoms. The van der Waals surface area contributed by atoms with Gasteiger partial charge in [-0.05, 0) is 19.3 Å². The van der Waals surface area contributed by atoms with Crippen molar-refractivity contribution >= 4 is 23.8 Å². The van der Waals surface area contributed by atoms with Crippen molar-refractivity contribution in [2.75, 3.05) is 18.1 Å². The molecule has 0 atom stereocenters. The van der Waals surface area contributed by atoms with Gasteiger partial charge in [-0.25, -0.2) is 9.59 Å². The van der Waals surface area contributed by atoms with E-state index in [9.17, 15) is 9.59 Å². The van der Waals surface area contributed by atoms with Crippen LogP contribution in [-0.4, -0.2) is 38.6 Å². The number of carbonyl (C=O) groups excluding carboxylic acids is 1. The molecule has 0 radical (unpaired) electrons. The molecule has 1 aromatic rings. The minimum Gasteiger partial charge on any atom is -0.478 e. The molecule has 0 fully saturated rings. The van der Waals surface area contributed by atoms with Gasteiger partial charge in [-0.1, -0.05) is 32.6 Å². The Kier molecular flexibility index (Phi) is 16.9. The molecule has 0 spiro atoms. The Morgan fingerprint density at radius 3 is 2.04 bits per heavy atom. The molecule has 0 aliphatic carbocycles. The lowest BCUT2D eigenvalue weighted by molar-refractivity contribution is -0.137. The highest BCUT2D eigenvalue weighted by Crippen LogP contribution is 2.03. The fourth-order valence-electron chi connectivity index (χ4n) is 1.35. The lowest BCUT2D eigenvalue weighted by atomic mass is 10.2. The molecule has 1 heterocycles. The topological polar surface area (TPSA) is 154 Å². The van der Waals surface area contributed by atoms with Gasteiger partial charge in [0.25, 0.3) is 0 Å². The summed E-state index contributed by atoms with van der Waals surface area (Å²) in [4.78, 5) is 31.2. The van der Waals surface area contributed by atoms with Crippen LogP contribution in [0.5, 0.6) is 0 Å². The van der Waals surface area contributed by atoms with Crippen molar-refractivity contribution < 1.29 is 19.4 Å². The van der Waals surface area contributed by atoms with Crippen LogP contribution in [0.4, 0.5) is 11.9 Å². The van der Waals surface area contributed by atoms with Crippen LogP contribution in [0.15, 0.2) is 38.0 Å². The smallest absolute Gasteiger partial charge is 0.330 e. The number of anilines is 2. The van der Waals surface area contributed by atoms with E-state index in [-0.39, 0.29) is 17.9 Å². The van der Waals surface area contributed by atoms with Gasteiger partial charge < -0.3 is 21.3 Å². The first-order valence-electron chi connectivity index (χ1n) is 8.31. The SMILES string of the molecule is C=CC(=O)O.C=CC(=O)OCCCC.C=CCCCc1nc(N)nc(N)n1. The minimum atomic E-state index is -0.981. The predicted octanol–water partition coefficient (Wildman–Crippen LogP) is 2.32. The van der Waals surface area contributed by atoms with Crippen LogP contribution in [0, 0.1) is 0 Å². The molecule has 0 unspecified atom stereocenters. The number of carbonyl (C=O) groups is 2. The summed E-state index contributed by atoms with van der Waals surface area (Å²) in [7, 11) is 0. The van der Waals surface area contributed by atoms with E-state index in [1.807, 2.05) is 13.0 Å². The highest BCUT2D eigenvalue weighted by atomic mass is 16.5. The third kappa shape index (κ3) is 18.9. The normalized spacial score (nSPS) is 8.78. The highest BCUT2D eigenvalue weighted by molar-refractivity contribution is 5.81. The molecule has 1 rings (SSSR count). The van der Waals surface area contributed by atoms with Gasteiger partial charge in [0.1, 0.15) is 5.82 Å². The molecule has 0 amide bonds. The van der Waals surface area contributed by atoms with E-state index in [2.05, 4.69) is 39.4 Å². The molecule has 1 aromatic heterocycles. The second-order valence-corrected chi connectivity index (χ2v) is 4.92. The van der Waals surface area contributed by atoms with Crippen molar-refractivity contribution in [1.29, 1.82) is 0 Å². The third-order valence-corrected chi connectivity index (χ3v) is 2.61. The number of aryl methyl sites for hydroxylation is 1. The maximum atomic E-state index is 10.3. The second-order valence-electron chi connectivity index (χ2n) is 4.92. The Balaban J connectivity index is 0. The number of unbranched alkanes of at least 4 members (excludes halogenated alkanes) is 2. The largest absolute Gasteiger partial charge is 0.478 e. The molecule has 150 valence electrons. The molecule has 9 nitrogen and oxygen atoms in total. The third-order valence-electron chi connectivity index (χ3n) is 2.61. The number of ether oxygens (including phenoxy) is 1. The van der Waals surface area contributed by atoms with Gasteiger partial charge in [-0.3, -0.25) is 0 Å². The van der Waals surface area contributed by atoms with Crippen LogP contribution in [-0.2, 0) is 20.7 Å². The molecule has 0 aromatic carbocycles. The number of aliphatic carboxylic acids is 1. The molecule has 0 aliphatic rings. The molecule has 27 heavy (non-hydrogen) atoms. The lowest BCUT2D eigenvalue weighted by Crippen LogP contribution is -2.06. The van der Waals surface area contributed by atoms with Crippen LogP contribution in [0.3, 0.4) is 0 Å². The highest BCUT2D eigenvalue weighted by Gasteiger charge is 2.00. The fourth-order valence-corrected chi connectivity index (χ4v) is 1.35. The number of nitrogens with two attached hydrogens (primary N) is 2. The molecule has 0 saturated heterocycles. The van der Waals surface area contributed by atoms with E-state index in [1.165, 1.54) is 6.08 Å². The molecule has 0 aliphatic heterocycles. The van der Waals surface area contributed by atoms with E-state index in [0.717, 1.165) is 38.2 Å². The van der Waals surface area contributed by atoms with E-state index in [1.54, 1.807) is 0 Å². The number of carboxylic acid groups (broad SMARTS) is 1. The van der Waals surface area contributed by atoms with Gasteiger partial charge in [0.2, 0.25) is 11.9 Å². The second kappa shape index (κ2) is 17.6. The average Bonchev–Trinajstić information content (AvgIpc) is 2.62. The van der Waals surface area contributed by atoms with Gasteiger partial charge in [0.05, 0.1) is 6.61 Å². The van der Waals surface area contributed by atoms with Crippen molar-refractivity contribution in [1.82, 2.24) is 15.0 Å². The summed E-state index contributed by atoms with van der Waals surface area (Å²) in [5.41, 5.74) is 10.8. The van der Waals surface area contributed by atoms with E-state index >= 15 is 0 Å². The summed E-state index contributed by atoms with van der Waals surface area (Å²) >= 11 is 0. The van der Waals surface area contributed by atoms with Crippen LogP contribution in [0.1, 0.15) is 38.4 Å². The number of hydrogen-bond acceptors (Lipinski definition) is 8. The number of aromatic nitrogens is 3.